The predicted molar refractivity (Wildman–Crippen MR) is 212 cm³/mol. The maximum Gasteiger partial charge on any atom is 0.245 e. The van der Waals surface area contributed by atoms with Crippen LogP contribution < -0.4 is 0 Å². The number of rotatable bonds is 11. The van der Waals surface area contributed by atoms with Gasteiger partial charge in [0, 0.05) is 25.5 Å². The van der Waals surface area contributed by atoms with Crippen molar-refractivity contribution in [2.45, 2.75) is 49.9 Å². The molecule has 0 spiro atoms. The van der Waals surface area contributed by atoms with Crippen molar-refractivity contribution in [1.82, 2.24) is 49.5 Å². The lowest BCUT2D eigenvalue weighted by atomic mass is 10.0. The summed E-state index contributed by atoms with van der Waals surface area (Å²) in [5.41, 5.74) is 3.71. The number of hydrogen-bond acceptors (Lipinski definition) is 10. The SMILES string of the molecule is CN(C)[C@@H](C(=O)N1CCC[C@@H]1c1ncc(-c2cnc(-c3ncc(-c4cnc([C@H]5CCCN5C(=O)[C@@H](c5ccccc5)N(C)C)[nH]4)s3)s2)[nH]1)c1ccccc1. The van der Waals surface area contributed by atoms with Gasteiger partial charge in [0.1, 0.15) is 23.7 Å². The summed E-state index contributed by atoms with van der Waals surface area (Å²) < 4.78 is 0. The van der Waals surface area contributed by atoms with E-state index in [-0.39, 0.29) is 36.0 Å². The summed E-state index contributed by atoms with van der Waals surface area (Å²) in [6, 6.07) is 19.0. The van der Waals surface area contributed by atoms with Crippen molar-refractivity contribution >= 4 is 34.5 Å². The van der Waals surface area contributed by atoms with Crippen molar-refractivity contribution in [1.29, 1.82) is 0 Å². The molecule has 2 amide bonds. The first-order valence-electron chi connectivity index (χ1n) is 18.3. The van der Waals surface area contributed by atoms with Gasteiger partial charge in [0.15, 0.2) is 10.0 Å². The average Bonchev–Trinajstić information content (AvgIpc) is 4.02. The number of carbonyl (C=O) groups excluding carboxylic acids is 2. The molecule has 2 aromatic carbocycles. The van der Waals surface area contributed by atoms with Crippen molar-refractivity contribution < 1.29 is 9.59 Å². The van der Waals surface area contributed by atoms with E-state index in [4.69, 9.17) is 19.9 Å². The van der Waals surface area contributed by atoms with Crippen LogP contribution in [-0.4, -0.2) is 103 Å². The van der Waals surface area contributed by atoms with Crippen LogP contribution in [0.4, 0.5) is 0 Å². The molecule has 6 heterocycles. The van der Waals surface area contributed by atoms with Crippen LogP contribution in [-0.2, 0) is 9.59 Å². The van der Waals surface area contributed by atoms with E-state index in [1.54, 1.807) is 22.7 Å². The molecule has 278 valence electrons. The highest BCUT2D eigenvalue weighted by atomic mass is 32.1. The van der Waals surface area contributed by atoms with Crippen LogP contribution in [0.3, 0.4) is 0 Å². The zero-order valence-electron chi connectivity index (χ0n) is 30.8. The third-order valence-corrected chi connectivity index (χ3v) is 12.6. The van der Waals surface area contributed by atoms with Gasteiger partial charge in [-0.1, -0.05) is 60.7 Å². The molecule has 14 heteroatoms. The number of imidazole rings is 2. The van der Waals surface area contributed by atoms with Crippen LogP contribution in [0.5, 0.6) is 0 Å². The quantitative estimate of drug-likeness (QED) is 0.145. The number of amides is 2. The third-order valence-electron chi connectivity index (χ3n) is 10.4. The molecule has 0 unspecified atom stereocenters. The first-order chi connectivity index (χ1) is 26.3. The summed E-state index contributed by atoms with van der Waals surface area (Å²) in [6.07, 6.45) is 11.0. The van der Waals surface area contributed by atoms with Crippen molar-refractivity contribution in [3.05, 3.63) is 108 Å². The smallest absolute Gasteiger partial charge is 0.245 e. The molecular formula is C40H44N10O2S2. The van der Waals surface area contributed by atoms with Gasteiger partial charge >= 0.3 is 0 Å². The maximum absolute atomic E-state index is 13.9. The number of H-pyrrole nitrogens is 2. The molecule has 4 atom stereocenters. The first kappa shape index (κ1) is 36.0. The molecule has 0 aliphatic carbocycles. The molecule has 2 fully saturated rings. The fraction of sp³-hybridized carbons (Fsp3) is 0.350. The van der Waals surface area contributed by atoms with Gasteiger partial charge in [-0.05, 0) is 65.0 Å². The van der Waals surface area contributed by atoms with E-state index in [9.17, 15) is 9.59 Å². The number of hydrogen-bond donors (Lipinski definition) is 2. The number of nitrogens with zero attached hydrogens (tertiary/aromatic N) is 8. The fourth-order valence-electron chi connectivity index (χ4n) is 7.79. The fourth-order valence-corrected chi connectivity index (χ4v) is 9.59. The van der Waals surface area contributed by atoms with Gasteiger partial charge in [0.25, 0.3) is 0 Å². The molecule has 0 bridgehead atoms. The number of likely N-dealkylation sites (N-methyl/N-ethyl adjacent to an activating group) is 2. The Balaban J connectivity index is 0.955. The van der Waals surface area contributed by atoms with E-state index in [1.165, 1.54) is 0 Å². The van der Waals surface area contributed by atoms with Crippen molar-refractivity contribution in [3.63, 3.8) is 0 Å². The number of aromatic amines is 2. The Morgan fingerprint density at radius 1 is 0.630 bits per heavy atom. The lowest BCUT2D eigenvalue weighted by Gasteiger charge is -2.31. The summed E-state index contributed by atoms with van der Waals surface area (Å²) in [5.74, 6) is 1.77. The van der Waals surface area contributed by atoms with Crippen LogP contribution in [0.25, 0.3) is 31.2 Å². The van der Waals surface area contributed by atoms with Gasteiger partial charge < -0.3 is 19.8 Å². The highest BCUT2D eigenvalue weighted by Crippen LogP contribution is 2.40. The number of aromatic nitrogens is 6. The van der Waals surface area contributed by atoms with Gasteiger partial charge in [-0.2, -0.15) is 0 Å². The Kier molecular flexibility index (Phi) is 10.2. The Morgan fingerprint density at radius 3 is 1.43 bits per heavy atom. The van der Waals surface area contributed by atoms with E-state index < -0.39 is 0 Å². The molecule has 2 aliphatic heterocycles. The molecular weight excluding hydrogens is 717 g/mol. The first-order valence-corrected chi connectivity index (χ1v) is 20.0. The van der Waals surface area contributed by atoms with Gasteiger partial charge in [0.05, 0.1) is 45.6 Å². The molecule has 0 radical (unpaired) electrons. The van der Waals surface area contributed by atoms with E-state index in [0.29, 0.717) is 13.1 Å². The van der Waals surface area contributed by atoms with Gasteiger partial charge in [0.2, 0.25) is 11.8 Å². The third kappa shape index (κ3) is 7.02. The lowest BCUT2D eigenvalue weighted by molar-refractivity contribution is -0.138. The van der Waals surface area contributed by atoms with Gasteiger partial charge in [-0.15, -0.1) is 22.7 Å². The van der Waals surface area contributed by atoms with Gasteiger partial charge in [-0.3, -0.25) is 19.4 Å². The van der Waals surface area contributed by atoms with Crippen molar-refractivity contribution in [2.75, 3.05) is 41.3 Å². The highest BCUT2D eigenvalue weighted by molar-refractivity contribution is 7.24. The van der Waals surface area contributed by atoms with Crippen LogP contribution in [0, 0.1) is 0 Å². The second kappa shape index (κ2) is 15.4. The zero-order chi connectivity index (χ0) is 37.3. The molecule has 0 saturated carbocycles. The van der Waals surface area contributed by atoms with Crippen molar-refractivity contribution in [3.8, 4) is 31.2 Å². The molecule has 8 rings (SSSR count). The van der Waals surface area contributed by atoms with Crippen LogP contribution >= 0.6 is 22.7 Å². The number of benzene rings is 2. The Bertz CT molecular complexity index is 2050. The minimum absolute atomic E-state index is 0.0887. The van der Waals surface area contributed by atoms with Crippen LogP contribution in [0.1, 0.15) is 72.6 Å². The van der Waals surface area contributed by atoms with E-state index in [1.807, 2.05) is 133 Å². The second-order valence-electron chi connectivity index (χ2n) is 14.4. The molecule has 2 aliphatic rings. The number of thiazole rings is 2. The lowest BCUT2D eigenvalue weighted by Crippen LogP contribution is -2.40. The van der Waals surface area contributed by atoms with E-state index in [2.05, 4.69) is 9.97 Å². The summed E-state index contributed by atoms with van der Waals surface area (Å²) in [6.45, 7) is 1.40. The van der Waals surface area contributed by atoms with Crippen LogP contribution in [0.15, 0.2) is 85.5 Å². The van der Waals surface area contributed by atoms with Crippen molar-refractivity contribution in [2.24, 2.45) is 0 Å². The second-order valence-corrected chi connectivity index (χ2v) is 16.4. The number of nitrogens with one attached hydrogen (secondary N) is 2. The Hall–Kier alpha value is -5.02. The highest BCUT2D eigenvalue weighted by Gasteiger charge is 2.38. The minimum Gasteiger partial charge on any atom is -0.340 e. The molecule has 12 nitrogen and oxygen atoms in total. The molecule has 2 N–H and O–H groups in total. The molecule has 2 saturated heterocycles. The normalized spacial score (nSPS) is 18.6. The predicted octanol–water partition coefficient (Wildman–Crippen LogP) is 6.98. The number of carbonyl (C=O) groups is 2. The summed E-state index contributed by atoms with van der Waals surface area (Å²) in [4.78, 5) is 63.7. The molecule has 54 heavy (non-hydrogen) atoms. The summed E-state index contributed by atoms with van der Waals surface area (Å²) in [7, 11) is 7.80. The average molecular weight is 761 g/mol. The number of likely N-dealkylation sites (tertiary alicyclic amines) is 2. The Morgan fingerprint density at radius 2 is 1.04 bits per heavy atom. The summed E-state index contributed by atoms with van der Waals surface area (Å²) >= 11 is 3.11. The standard InChI is InChI=1S/C40H44N10O2S2/c1-47(2)33(25-13-7-5-8-14-25)39(51)49-19-11-17-29(49)35-41-21-27(45-35)31-23-43-37(53-31)38-44-24-32(54-38)28-22-42-36(46-28)30-18-12-20-50(30)40(52)34(48(3)4)26-15-9-6-10-16-26/h5-10,13-16,21-24,29-30,33-34H,11-12,17-20H2,1-4H3,(H,41,45)(H,42,46)/t29-,30-,33-,34-/m1/s1. The van der Waals surface area contributed by atoms with Crippen LogP contribution in [0.2, 0.25) is 0 Å². The van der Waals surface area contributed by atoms with E-state index >= 15 is 0 Å². The minimum atomic E-state index is -0.357. The summed E-state index contributed by atoms with van der Waals surface area (Å²) in [5, 5.41) is 1.63. The Labute approximate surface area is 322 Å². The van der Waals surface area contributed by atoms with E-state index in [0.717, 1.165) is 79.6 Å². The zero-order valence-corrected chi connectivity index (χ0v) is 32.5. The topological polar surface area (TPSA) is 130 Å². The maximum atomic E-state index is 13.9. The van der Waals surface area contributed by atoms with Gasteiger partial charge in [-0.25, -0.2) is 19.9 Å². The molecule has 4 aromatic heterocycles. The largest absolute Gasteiger partial charge is 0.340 e. The molecule has 6 aromatic rings. The monoisotopic (exact) mass is 760 g/mol.